The molecule has 1 aromatic heterocycles. The average molecular weight is 442 g/mol. The largest absolute Gasteiger partial charge is 0.480 e. The number of amides is 1. The lowest BCUT2D eigenvalue weighted by molar-refractivity contribution is -0.125. The third-order valence-corrected chi connectivity index (χ3v) is 6.18. The minimum Gasteiger partial charge on any atom is -0.480 e. The van der Waals surface area contributed by atoms with E-state index >= 15 is 0 Å². The van der Waals surface area contributed by atoms with Crippen molar-refractivity contribution in [1.29, 1.82) is 0 Å². The summed E-state index contributed by atoms with van der Waals surface area (Å²) in [4.78, 5) is 34.4. The van der Waals surface area contributed by atoms with Crippen LogP contribution in [0.15, 0.2) is 25.3 Å². The lowest BCUT2D eigenvalue weighted by Crippen LogP contribution is -2.45. The molecule has 2 heterocycles. The van der Waals surface area contributed by atoms with E-state index < -0.39 is 17.2 Å². The number of thioether (sulfide) groups is 1. The van der Waals surface area contributed by atoms with Gasteiger partial charge in [-0.15, -0.1) is 30.5 Å². The van der Waals surface area contributed by atoms with Crippen LogP contribution in [-0.2, 0) is 11.2 Å². The Morgan fingerprint density at radius 2 is 2.23 bits per heavy atom. The molecule has 0 radical (unpaired) electrons. The second kappa shape index (κ2) is 10.9. The number of ether oxygens (including phenoxy) is 1. The minimum absolute atomic E-state index is 0.0175. The Hall–Kier alpha value is -2.97. The maximum absolute atomic E-state index is 13.1. The summed E-state index contributed by atoms with van der Waals surface area (Å²) in [6.45, 7) is 5.60. The Balaban J connectivity index is 2.36. The highest BCUT2D eigenvalue weighted by atomic mass is 32.2. The first kappa shape index (κ1) is 24.3. The molecule has 164 valence electrons. The summed E-state index contributed by atoms with van der Waals surface area (Å²) in [5.74, 6) is 5.60. The number of carbonyl (C=O) groups excluding carboxylic acids is 1. The number of nitrogens with zero attached hydrogens (tertiary/aromatic N) is 2. The van der Waals surface area contributed by atoms with Crippen molar-refractivity contribution in [2.45, 2.75) is 51.6 Å². The Morgan fingerprint density at radius 1 is 1.48 bits per heavy atom. The Bertz CT molecular complexity index is 1030. The number of nitrogens with one attached hydrogen (secondary N) is 1. The number of aliphatic imine (C=N–C) groups is 2. The van der Waals surface area contributed by atoms with E-state index in [4.69, 9.17) is 22.0 Å². The summed E-state index contributed by atoms with van der Waals surface area (Å²) in [7, 11) is 1.69. The lowest BCUT2D eigenvalue weighted by Gasteiger charge is -2.24. The van der Waals surface area contributed by atoms with Gasteiger partial charge in [-0.1, -0.05) is 19.3 Å². The summed E-state index contributed by atoms with van der Waals surface area (Å²) < 4.78 is 11.0. The van der Waals surface area contributed by atoms with Crippen molar-refractivity contribution >= 4 is 28.4 Å². The first-order valence-electron chi connectivity index (χ1n) is 9.93. The van der Waals surface area contributed by atoms with Crippen LogP contribution in [0.3, 0.4) is 0 Å². The van der Waals surface area contributed by atoms with Crippen LogP contribution < -0.4 is 15.7 Å². The van der Waals surface area contributed by atoms with Gasteiger partial charge in [0.15, 0.2) is 0 Å². The van der Waals surface area contributed by atoms with Crippen LogP contribution in [0, 0.1) is 24.7 Å². The van der Waals surface area contributed by atoms with Crippen LogP contribution in [0.2, 0.25) is 0 Å². The first-order valence-corrected chi connectivity index (χ1v) is 10.9. The van der Waals surface area contributed by atoms with E-state index in [-0.39, 0.29) is 36.0 Å². The zero-order chi connectivity index (χ0) is 23.0. The van der Waals surface area contributed by atoms with E-state index in [1.54, 1.807) is 20.0 Å². The zero-order valence-corrected chi connectivity index (χ0v) is 19.1. The summed E-state index contributed by atoms with van der Waals surface area (Å²) in [6, 6.07) is 1.06. The van der Waals surface area contributed by atoms with Crippen LogP contribution in [0.1, 0.15) is 51.0 Å². The number of terminal acetylenes is 2. The van der Waals surface area contributed by atoms with Gasteiger partial charge in [0.05, 0.1) is 17.3 Å². The molecule has 8 heteroatoms. The predicted octanol–water partition coefficient (Wildman–Crippen LogP) is 2.78. The van der Waals surface area contributed by atoms with Crippen molar-refractivity contribution in [3.8, 4) is 30.4 Å². The van der Waals surface area contributed by atoms with Gasteiger partial charge in [-0.25, -0.2) is 4.79 Å². The number of carbonyl (C=O) groups is 1. The topological polar surface area (TPSA) is 93.3 Å². The molecule has 7 nitrogen and oxygen atoms in total. The van der Waals surface area contributed by atoms with Gasteiger partial charge in [0.25, 0.3) is 0 Å². The summed E-state index contributed by atoms with van der Waals surface area (Å²) >= 11 is 1.50. The molecule has 31 heavy (non-hydrogen) atoms. The molecule has 0 bridgehead atoms. The van der Waals surface area contributed by atoms with Crippen molar-refractivity contribution < 1.29 is 13.9 Å². The second-order valence-electron chi connectivity index (χ2n) is 7.26. The number of hydrogen-bond donors (Lipinski definition) is 1. The maximum Gasteiger partial charge on any atom is 0.343 e. The van der Waals surface area contributed by atoms with Gasteiger partial charge in [-0.3, -0.25) is 14.8 Å². The SMILES string of the molecule is C#CCOc1cc([C@@H](CCC)NC(=O)[C@]2(C)CSC(C(C)=NC)=N2)oc(=O)c1CC#C. The van der Waals surface area contributed by atoms with E-state index in [9.17, 15) is 9.59 Å². The third-order valence-electron chi connectivity index (χ3n) is 4.82. The van der Waals surface area contributed by atoms with Crippen LogP contribution in [0.25, 0.3) is 0 Å². The molecule has 0 aliphatic carbocycles. The normalized spacial score (nSPS) is 19.2. The van der Waals surface area contributed by atoms with Gasteiger partial charge in [0.1, 0.15) is 28.7 Å². The van der Waals surface area contributed by atoms with E-state index in [2.05, 4.69) is 27.1 Å². The fraction of sp³-hybridized carbons (Fsp3) is 0.478. The molecule has 0 spiro atoms. The minimum atomic E-state index is -0.940. The molecule has 1 N–H and O–H groups in total. The predicted molar refractivity (Wildman–Crippen MR) is 125 cm³/mol. The van der Waals surface area contributed by atoms with Crippen LogP contribution in [0.5, 0.6) is 5.75 Å². The van der Waals surface area contributed by atoms with Gasteiger partial charge in [0, 0.05) is 25.3 Å². The highest BCUT2D eigenvalue weighted by Crippen LogP contribution is 2.31. The molecule has 0 fully saturated rings. The van der Waals surface area contributed by atoms with E-state index in [1.165, 1.54) is 11.8 Å². The molecule has 1 aliphatic rings. The summed E-state index contributed by atoms with van der Waals surface area (Å²) in [6.07, 6.45) is 12.0. The van der Waals surface area contributed by atoms with E-state index in [0.29, 0.717) is 12.2 Å². The monoisotopic (exact) mass is 441 g/mol. The lowest BCUT2D eigenvalue weighted by atomic mass is 10.0. The first-order chi connectivity index (χ1) is 14.8. The molecule has 2 rings (SSSR count). The molecule has 0 saturated heterocycles. The molecular weight excluding hydrogens is 414 g/mol. The van der Waals surface area contributed by atoms with Crippen molar-refractivity contribution in [3.63, 3.8) is 0 Å². The molecule has 2 atom stereocenters. The third kappa shape index (κ3) is 5.80. The fourth-order valence-electron chi connectivity index (χ4n) is 2.98. The standard InChI is InChI=1S/C23H27N3O4S/c1-7-10-16-18(29-12-9-3)13-19(30-21(16)27)17(11-8-2)25-22(28)23(5)14-31-20(26-23)15(4)24-6/h1,3,13,17H,8,10-12,14H2,2,4-6H3,(H,25,28)/t17-,23+/m1/s1. The maximum atomic E-state index is 13.1. The summed E-state index contributed by atoms with van der Waals surface area (Å²) in [5.41, 5.74) is -0.525. The molecule has 1 aliphatic heterocycles. The second-order valence-corrected chi connectivity index (χ2v) is 8.22. The molecular formula is C23H27N3O4S. The van der Waals surface area contributed by atoms with Gasteiger partial charge in [0.2, 0.25) is 5.91 Å². The highest BCUT2D eigenvalue weighted by molar-refractivity contribution is 8.16. The number of hydrogen-bond acceptors (Lipinski definition) is 7. The van der Waals surface area contributed by atoms with Gasteiger partial charge in [-0.05, 0) is 20.3 Å². The van der Waals surface area contributed by atoms with Crippen molar-refractivity contribution in [1.82, 2.24) is 5.32 Å². The highest BCUT2D eigenvalue weighted by Gasteiger charge is 2.40. The van der Waals surface area contributed by atoms with Crippen LogP contribution in [0.4, 0.5) is 0 Å². The van der Waals surface area contributed by atoms with Gasteiger partial charge < -0.3 is 14.5 Å². The van der Waals surface area contributed by atoms with Crippen molar-refractivity contribution in [2.75, 3.05) is 19.4 Å². The average Bonchev–Trinajstić information content (AvgIpc) is 3.16. The van der Waals surface area contributed by atoms with Gasteiger partial charge in [-0.2, -0.15) is 0 Å². The van der Waals surface area contributed by atoms with Crippen LogP contribution >= 0.6 is 11.8 Å². The van der Waals surface area contributed by atoms with E-state index in [0.717, 1.165) is 17.2 Å². The zero-order valence-electron chi connectivity index (χ0n) is 18.3. The molecule has 1 amide bonds. The molecule has 0 unspecified atom stereocenters. The Labute approximate surface area is 187 Å². The molecule has 0 saturated carbocycles. The van der Waals surface area contributed by atoms with E-state index in [1.807, 2.05) is 13.8 Å². The van der Waals surface area contributed by atoms with Crippen LogP contribution in [-0.4, -0.2) is 41.6 Å². The van der Waals surface area contributed by atoms with Crippen molar-refractivity contribution in [2.24, 2.45) is 9.98 Å². The fourth-order valence-corrected chi connectivity index (χ4v) is 4.16. The number of rotatable bonds is 9. The smallest absolute Gasteiger partial charge is 0.343 e. The Kier molecular flexibility index (Phi) is 8.53. The molecule has 1 aromatic rings. The van der Waals surface area contributed by atoms with Gasteiger partial charge >= 0.3 is 5.63 Å². The Morgan fingerprint density at radius 3 is 2.84 bits per heavy atom. The van der Waals surface area contributed by atoms with Crippen molar-refractivity contribution in [3.05, 3.63) is 27.8 Å². The summed E-state index contributed by atoms with van der Waals surface area (Å²) in [5, 5.41) is 3.74. The molecule has 0 aromatic carbocycles. The quantitative estimate of drug-likeness (QED) is 0.470.